The fourth-order valence-corrected chi connectivity index (χ4v) is 3.08. The van der Waals surface area contributed by atoms with E-state index in [9.17, 15) is 13.2 Å². The molecule has 0 saturated heterocycles. The molecule has 0 radical (unpaired) electrons. The number of thiazole rings is 1. The second-order valence-corrected chi connectivity index (χ2v) is 6.52. The molecule has 0 aromatic carbocycles. The summed E-state index contributed by atoms with van der Waals surface area (Å²) in [6.45, 7) is 3.49. The number of carboxylic acids is 1. The van der Waals surface area contributed by atoms with Crippen LogP contribution in [0.3, 0.4) is 0 Å². The number of nitrogens with zero attached hydrogens (tertiary/aromatic N) is 2. The van der Waals surface area contributed by atoms with Gasteiger partial charge < -0.3 is 5.11 Å². The molecule has 0 saturated carbocycles. The Morgan fingerprint density at radius 2 is 2.22 bits per heavy atom. The smallest absolute Gasteiger partial charge is 0.309 e. The van der Waals surface area contributed by atoms with E-state index >= 15 is 0 Å². The van der Waals surface area contributed by atoms with E-state index < -0.39 is 16.2 Å². The molecule has 0 aliphatic heterocycles. The molecule has 0 spiro atoms. The van der Waals surface area contributed by atoms with Gasteiger partial charge in [0, 0.05) is 18.5 Å². The van der Waals surface area contributed by atoms with Crippen molar-refractivity contribution >= 4 is 32.6 Å². The van der Waals surface area contributed by atoms with Gasteiger partial charge in [-0.1, -0.05) is 0 Å². The Hall–Kier alpha value is -1.19. The Kier molecular flexibility index (Phi) is 4.65. The molecule has 0 amide bonds. The van der Waals surface area contributed by atoms with E-state index in [2.05, 4.69) is 9.71 Å². The second kappa shape index (κ2) is 5.63. The third-order valence-electron chi connectivity index (χ3n) is 2.21. The number of aliphatic carboxylic acids is 1. The Bertz CT molecular complexity index is 524. The summed E-state index contributed by atoms with van der Waals surface area (Å²) >= 11 is 1.06. The van der Waals surface area contributed by atoms with E-state index in [0.29, 0.717) is 5.69 Å². The van der Waals surface area contributed by atoms with Crippen molar-refractivity contribution in [1.29, 1.82) is 0 Å². The largest absolute Gasteiger partial charge is 0.481 e. The van der Waals surface area contributed by atoms with Gasteiger partial charge in [-0.2, -0.15) is 12.7 Å². The number of aromatic nitrogens is 1. The lowest BCUT2D eigenvalue weighted by Crippen LogP contribution is -2.37. The molecule has 1 aromatic rings. The van der Waals surface area contributed by atoms with Crippen LogP contribution in [0.5, 0.6) is 0 Å². The number of carbonyl (C=O) groups is 1. The maximum Gasteiger partial charge on any atom is 0.309 e. The predicted molar refractivity (Wildman–Crippen MR) is 68.9 cm³/mol. The van der Waals surface area contributed by atoms with E-state index in [1.54, 1.807) is 13.8 Å². The summed E-state index contributed by atoms with van der Waals surface area (Å²) in [7, 11) is -2.19. The van der Waals surface area contributed by atoms with Gasteiger partial charge in [-0.05, 0) is 13.8 Å². The highest BCUT2D eigenvalue weighted by Gasteiger charge is 2.21. The molecule has 102 valence electrons. The van der Waals surface area contributed by atoms with Crippen LogP contribution in [0.1, 0.15) is 19.5 Å². The number of carboxylic acid groups (broad SMARTS) is 1. The van der Waals surface area contributed by atoms with Crippen LogP contribution in [0.2, 0.25) is 0 Å². The van der Waals surface area contributed by atoms with Gasteiger partial charge in [-0.25, -0.2) is 9.71 Å². The Morgan fingerprint density at radius 3 is 2.72 bits per heavy atom. The van der Waals surface area contributed by atoms with Gasteiger partial charge in [0.05, 0.1) is 12.1 Å². The van der Waals surface area contributed by atoms with Gasteiger partial charge in [-0.15, -0.1) is 11.3 Å². The zero-order valence-electron chi connectivity index (χ0n) is 10.2. The van der Waals surface area contributed by atoms with Crippen molar-refractivity contribution in [2.45, 2.75) is 26.3 Å². The zero-order chi connectivity index (χ0) is 13.9. The minimum atomic E-state index is -3.64. The van der Waals surface area contributed by atoms with Crippen molar-refractivity contribution < 1.29 is 18.3 Å². The lowest BCUT2D eigenvalue weighted by Gasteiger charge is -2.20. The average Bonchev–Trinajstić information content (AvgIpc) is 2.62. The molecule has 0 aliphatic carbocycles. The predicted octanol–water partition coefficient (Wildman–Crippen LogP) is 0.767. The van der Waals surface area contributed by atoms with Crippen molar-refractivity contribution in [3.63, 3.8) is 0 Å². The first-order valence-electron chi connectivity index (χ1n) is 5.14. The normalized spacial score (nSPS) is 12.1. The van der Waals surface area contributed by atoms with Crippen LogP contribution in [0.15, 0.2) is 5.38 Å². The maximum absolute atomic E-state index is 11.8. The number of rotatable bonds is 6. The number of hydrogen-bond acceptors (Lipinski definition) is 5. The van der Waals surface area contributed by atoms with Crippen molar-refractivity contribution in [2.24, 2.45) is 0 Å². The molecule has 7 nitrogen and oxygen atoms in total. The van der Waals surface area contributed by atoms with Crippen LogP contribution in [0.25, 0.3) is 0 Å². The van der Waals surface area contributed by atoms with Gasteiger partial charge in [0.1, 0.15) is 0 Å². The van der Waals surface area contributed by atoms with Crippen molar-refractivity contribution in [1.82, 2.24) is 9.29 Å². The van der Waals surface area contributed by atoms with Crippen LogP contribution in [0.4, 0.5) is 5.13 Å². The van der Waals surface area contributed by atoms with Crippen molar-refractivity contribution in [2.75, 3.05) is 11.8 Å². The summed E-state index contributed by atoms with van der Waals surface area (Å²) < 4.78 is 27.2. The summed E-state index contributed by atoms with van der Waals surface area (Å²) in [5.74, 6) is -1.01. The summed E-state index contributed by atoms with van der Waals surface area (Å²) in [6, 6.07) is -0.180. The Balaban J connectivity index is 2.79. The van der Waals surface area contributed by atoms with Crippen LogP contribution in [-0.2, 0) is 21.4 Å². The van der Waals surface area contributed by atoms with E-state index in [-0.39, 0.29) is 17.6 Å². The minimum absolute atomic E-state index is 0.166. The molecule has 0 bridgehead atoms. The van der Waals surface area contributed by atoms with Gasteiger partial charge in [0.2, 0.25) is 0 Å². The first kappa shape index (κ1) is 14.9. The molecule has 0 aliphatic rings. The van der Waals surface area contributed by atoms with E-state index in [1.807, 2.05) is 0 Å². The van der Waals surface area contributed by atoms with Crippen molar-refractivity contribution in [3.8, 4) is 0 Å². The molecule has 18 heavy (non-hydrogen) atoms. The summed E-state index contributed by atoms with van der Waals surface area (Å²) in [5.41, 5.74) is 0.331. The first-order valence-corrected chi connectivity index (χ1v) is 7.46. The minimum Gasteiger partial charge on any atom is -0.481 e. The average molecular weight is 293 g/mol. The molecule has 0 fully saturated rings. The SMILES string of the molecule is CC(C)N(C)S(=O)(=O)Nc1nc(CC(=O)O)cs1. The van der Waals surface area contributed by atoms with Gasteiger partial charge in [0.15, 0.2) is 5.13 Å². The number of anilines is 1. The fourth-order valence-electron chi connectivity index (χ4n) is 1.05. The third kappa shape index (κ3) is 3.93. The van der Waals surface area contributed by atoms with Crippen LogP contribution in [0, 0.1) is 0 Å². The van der Waals surface area contributed by atoms with E-state index in [0.717, 1.165) is 11.3 Å². The molecule has 0 atom stereocenters. The lowest BCUT2D eigenvalue weighted by atomic mass is 10.3. The highest BCUT2D eigenvalue weighted by atomic mass is 32.2. The lowest BCUT2D eigenvalue weighted by molar-refractivity contribution is -0.136. The van der Waals surface area contributed by atoms with Crippen molar-refractivity contribution in [3.05, 3.63) is 11.1 Å². The maximum atomic E-state index is 11.8. The van der Waals surface area contributed by atoms with E-state index in [4.69, 9.17) is 5.11 Å². The van der Waals surface area contributed by atoms with E-state index in [1.165, 1.54) is 16.7 Å². The first-order chi connectivity index (χ1) is 8.22. The van der Waals surface area contributed by atoms with Crippen LogP contribution >= 0.6 is 11.3 Å². The Labute approximate surface area is 110 Å². The molecular weight excluding hydrogens is 278 g/mol. The van der Waals surface area contributed by atoms with Crippen LogP contribution < -0.4 is 4.72 Å². The molecule has 1 heterocycles. The van der Waals surface area contributed by atoms with Gasteiger partial charge >= 0.3 is 16.2 Å². The van der Waals surface area contributed by atoms with Gasteiger partial charge in [-0.3, -0.25) is 4.79 Å². The highest BCUT2D eigenvalue weighted by Crippen LogP contribution is 2.18. The molecule has 1 rings (SSSR count). The quantitative estimate of drug-likeness (QED) is 0.807. The summed E-state index contributed by atoms with van der Waals surface area (Å²) in [6.07, 6.45) is -0.224. The topological polar surface area (TPSA) is 99.6 Å². The molecule has 2 N–H and O–H groups in total. The number of hydrogen-bond donors (Lipinski definition) is 2. The monoisotopic (exact) mass is 293 g/mol. The third-order valence-corrected chi connectivity index (χ3v) is 4.77. The summed E-state index contributed by atoms with van der Waals surface area (Å²) in [5, 5.41) is 10.3. The Morgan fingerprint density at radius 1 is 1.61 bits per heavy atom. The second-order valence-electron chi connectivity index (χ2n) is 3.93. The number of nitrogens with one attached hydrogen (secondary N) is 1. The molecule has 1 aromatic heterocycles. The zero-order valence-corrected chi connectivity index (χ0v) is 11.9. The molecule has 0 unspecified atom stereocenters. The van der Waals surface area contributed by atoms with Gasteiger partial charge in [0.25, 0.3) is 0 Å². The molecular formula is C9H15N3O4S2. The highest BCUT2D eigenvalue weighted by molar-refractivity contribution is 7.90. The fraction of sp³-hybridized carbons (Fsp3) is 0.556. The standard InChI is InChI=1S/C9H15N3O4S2/c1-6(2)12(3)18(15,16)11-9-10-7(5-17-9)4-8(13)14/h5-6H,4H2,1-3H3,(H,10,11)(H,13,14). The molecule has 9 heteroatoms. The summed E-state index contributed by atoms with van der Waals surface area (Å²) in [4.78, 5) is 14.4. The van der Waals surface area contributed by atoms with Crippen LogP contribution in [-0.4, -0.2) is 41.9 Å².